The summed E-state index contributed by atoms with van der Waals surface area (Å²) in [4.78, 5) is 27.5. The second-order valence-electron chi connectivity index (χ2n) is 8.03. The molecule has 7 heteroatoms. The quantitative estimate of drug-likeness (QED) is 0.505. The third kappa shape index (κ3) is 6.99. The molecule has 2 aromatic rings. The van der Waals surface area contributed by atoms with E-state index in [1.165, 1.54) is 0 Å². The minimum absolute atomic E-state index is 0.0312. The van der Waals surface area contributed by atoms with Crippen LogP contribution in [0.15, 0.2) is 40.9 Å². The summed E-state index contributed by atoms with van der Waals surface area (Å²) in [7, 11) is 1.60. The second kappa shape index (κ2) is 11.9. The largest absolute Gasteiger partial charge is 0.497 e. The Morgan fingerprint density at radius 2 is 1.75 bits per heavy atom. The zero-order valence-electron chi connectivity index (χ0n) is 19.7. The van der Waals surface area contributed by atoms with Gasteiger partial charge in [0.15, 0.2) is 6.61 Å². The Kier molecular flexibility index (Phi) is 9.57. The van der Waals surface area contributed by atoms with Crippen LogP contribution in [0.5, 0.6) is 11.5 Å². The van der Waals surface area contributed by atoms with Gasteiger partial charge in [0.2, 0.25) is 5.91 Å². The molecule has 0 spiro atoms. The van der Waals surface area contributed by atoms with Crippen LogP contribution < -0.4 is 14.8 Å². The molecule has 174 valence electrons. The fraction of sp³-hybridized carbons (Fsp3) is 0.440. The lowest BCUT2D eigenvalue weighted by molar-refractivity contribution is -0.142. The molecule has 0 unspecified atom stereocenters. The van der Waals surface area contributed by atoms with Crippen molar-refractivity contribution in [1.82, 2.24) is 10.2 Å². The van der Waals surface area contributed by atoms with E-state index in [9.17, 15) is 9.59 Å². The average Bonchev–Trinajstić information content (AvgIpc) is 2.78. The molecule has 2 rings (SSSR count). The number of hydrogen-bond acceptors (Lipinski definition) is 4. The molecule has 1 N–H and O–H groups in total. The number of hydrogen-bond donors (Lipinski definition) is 1. The van der Waals surface area contributed by atoms with E-state index in [1.807, 2.05) is 64.1 Å². The van der Waals surface area contributed by atoms with Crippen LogP contribution in [0.2, 0.25) is 0 Å². The SMILES string of the molecule is CC[C@@H](C)NC(=O)[C@H](C)N(Cc1cccc(OC)c1)C(=O)COc1cc(C)c(Br)c(C)c1. The normalized spacial score (nSPS) is 12.6. The van der Waals surface area contributed by atoms with E-state index in [2.05, 4.69) is 21.2 Å². The molecule has 0 aromatic heterocycles. The van der Waals surface area contributed by atoms with Crippen molar-refractivity contribution in [2.24, 2.45) is 0 Å². The molecule has 0 fully saturated rings. The first-order valence-corrected chi connectivity index (χ1v) is 11.6. The van der Waals surface area contributed by atoms with Gasteiger partial charge in [-0.25, -0.2) is 0 Å². The maximum absolute atomic E-state index is 13.2. The van der Waals surface area contributed by atoms with E-state index in [-0.39, 0.29) is 31.0 Å². The van der Waals surface area contributed by atoms with Crippen LogP contribution in [0.1, 0.15) is 43.9 Å². The predicted molar refractivity (Wildman–Crippen MR) is 130 cm³/mol. The highest BCUT2D eigenvalue weighted by molar-refractivity contribution is 9.10. The molecule has 0 saturated heterocycles. The first-order chi connectivity index (χ1) is 15.2. The number of amides is 2. The van der Waals surface area contributed by atoms with Crippen LogP contribution in [-0.2, 0) is 16.1 Å². The molecular formula is C25H33BrN2O4. The first kappa shape index (κ1) is 25.7. The number of carbonyl (C=O) groups excluding carboxylic acids is 2. The van der Waals surface area contributed by atoms with Crippen molar-refractivity contribution in [3.63, 3.8) is 0 Å². The van der Waals surface area contributed by atoms with Gasteiger partial charge in [-0.2, -0.15) is 0 Å². The predicted octanol–water partition coefficient (Wildman–Crippen LogP) is 4.79. The van der Waals surface area contributed by atoms with Gasteiger partial charge in [-0.3, -0.25) is 9.59 Å². The number of aryl methyl sites for hydroxylation is 2. The van der Waals surface area contributed by atoms with Crippen LogP contribution in [0.25, 0.3) is 0 Å². The van der Waals surface area contributed by atoms with Crippen LogP contribution in [0.4, 0.5) is 0 Å². The molecule has 2 amide bonds. The number of ether oxygens (including phenoxy) is 2. The minimum atomic E-state index is -0.653. The molecule has 6 nitrogen and oxygen atoms in total. The molecule has 0 aliphatic carbocycles. The molecule has 2 atom stereocenters. The summed E-state index contributed by atoms with van der Waals surface area (Å²) < 4.78 is 12.1. The standard InChI is InChI=1S/C25H33BrN2O4/c1-7-18(4)27-25(30)19(5)28(14-20-9-8-10-21(13-20)31-6)23(29)15-32-22-11-16(2)24(26)17(3)12-22/h8-13,18-19H,7,14-15H2,1-6H3,(H,27,30)/t18-,19+/m1/s1. The fourth-order valence-electron chi connectivity index (χ4n) is 3.23. The van der Waals surface area contributed by atoms with Gasteiger partial charge < -0.3 is 19.7 Å². The van der Waals surface area contributed by atoms with Crippen molar-refractivity contribution < 1.29 is 19.1 Å². The third-order valence-electron chi connectivity index (χ3n) is 5.43. The Morgan fingerprint density at radius 1 is 1.09 bits per heavy atom. The number of halogens is 1. The molecule has 0 heterocycles. The minimum Gasteiger partial charge on any atom is -0.497 e. The zero-order chi connectivity index (χ0) is 23.8. The van der Waals surface area contributed by atoms with Gasteiger partial charge in [0.1, 0.15) is 17.5 Å². The van der Waals surface area contributed by atoms with Crippen LogP contribution in [0.3, 0.4) is 0 Å². The number of rotatable bonds is 10. The molecule has 0 aliphatic heterocycles. The van der Waals surface area contributed by atoms with E-state index in [0.717, 1.165) is 27.6 Å². The summed E-state index contributed by atoms with van der Waals surface area (Å²) in [6.07, 6.45) is 0.813. The van der Waals surface area contributed by atoms with Crippen LogP contribution >= 0.6 is 15.9 Å². The van der Waals surface area contributed by atoms with Crippen molar-refractivity contribution >= 4 is 27.7 Å². The van der Waals surface area contributed by atoms with E-state index in [1.54, 1.807) is 18.9 Å². The first-order valence-electron chi connectivity index (χ1n) is 10.8. The highest BCUT2D eigenvalue weighted by Gasteiger charge is 2.27. The number of benzene rings is 2. The number of nitrogens with zero attached hydrogens (tertiary/aromatic N) is 1. The van der Waals surface area contributed by atoms with Crippen LogP contribution in [-0.4, -0.2) is 42.5 Å². The highest BCUT2D eigenvalue weighted by Crippen LogP contribution is 2.26. The Bertz CT molecular complexity index is 924. The van der Waals surface area contributed by atoms with Crippen molar-refractivity contribution in [1.29, 1.82) is 0 Å². The van der Waals surface area contributed by atoms with Gasteiger partial charge >= 0.3 is 0 Å². The van der Waals surface area contributed by atoms with Crippen molar-refractivity contribution in [3.8, 4) is 11.5 Å². The maximum Gasteiger partial charge on any atom is 0.261 e. The van der Waals surface area contributed by atoms with Crippen molar-refractivity contribution in [3.05, 3.63) is 57.6 Å². The van der Waals surface area contributed by atoms with Gasteiger partial charge in [0.25, 0.3) is 5.91 Å². The highest BCUT2D eigenvalue weighted by atomic mass is 79.9. The topological polar surface area (TPSA) is 67.9 Å². The van der Waals surface area contributed by atoms with E-state index >= 15 is 0 Å². The number of methoxy groups -OCH3 is 1. The maximum atomic E-state index is 13.2. The smallest absolute Gasteiger partial charge is 0.261 e. The number of carbonyl (C=O) groups is 2. The second-order valence-corrected chi connectivity index (χ2v) is 8.82. The Labute approximate surface area is 199 Å². The lowest BCUT2D eigenvalue weighted by Gasteiger charge is -2.29. The van der Waals surface area contributed by atoms with E-state index in [4.69, 9.17) is 9.47 Å². The molecule has 2 aromatic carbocycles. The van der Waals surface area contributed by atoms with Crippen molar-refractivity contribution in [2.75, 3.05) is 13.7 Å². The summed E-state index contributed by atoms with van der Waals surface area (Å²) in [5, 5.41) is 2.96. The van der Waals surface area contributed by atoms with Gasteiger partial charge in [-0.1, -0.05) is 35.0 Å². The Balaban J connectivity index is 2.21. The van der Waals surface area contributed by atoms with Gasteiger partial charge in [-0.05, 0) is 75.1 Å². The van der Waals surface area contributed by atoms with Crippen LogP contribution in [0, 0.1) is 13.8 Å². The molecule has 32 heavy (non-hydrogen) atoms. The third-order valence-corrected chi connectivity index (χ3v) is 6.68. The molecule has 0 saturated carbocycles. The molecule has 0 radical (unpaired) electrons. The van der Waals surface area contributed by atoms with E-state index < -0.39 is 6.04 Å². The zero-order valence-corrected chi connectivity index (χ0v) is 21.3. The lowest BCUT2D eigenvalue weighted by atomic mass is 10.1. The number of nitrogens with one attached hydrogen (secondary N) is 1. The summed E-state index contributed by atoms with van der Waals surface area (Å²) >= 11 is 3.54. The molecule has 0 bridgehead atoms. The lowest BCUT2D eigenvalue weighted by Crippen LogP contribution is -2.50. The Hall–Kier alpha value is -2.54. The average molecular weight is 505 g/mol. The van der Waals surface area contributed by atoms with Gasteiger partial charge in [0, 0.05) is 17.1 Å². The Morgan fingerprint density at radius 3 is 2.34 bits per heavy atom. The summed E-state index contributed by atoms with van der Waals surface area (Å²) in [6.45, 7) is 9.75. The van der Waals surface area contributed by atoms with Gasteiger partial charge in [-0.15, -0.1) is 0 Å². The fourth-order valence-corrected chi connectivity index (χ4v) is 3.46. The summed E-state index contributed by atoms with van der Waals surface area (Å²) in [5.41, 5.74) is 2.93. The summed E-state index contributed by atoms with van der Waals surface area (Å²) in [6, 6.07) is 10.6. The summed E-state index contributed by atoms with van der Waals surface area (Å²) in [5.74, 6) is 0.863. The van der Waals surface area contributed by atoms with Gasteiger partial charge in [0.05, 0.1) is 7.11 Å². The molecule has 0 aliphatic rings. The molecular weight excluding hydrogens is 472 g/mol. The monoisotopic (exact) mass is 504 g/mol. The van der Waals surface area contributed by atoms with Crippen molar-refractivity contribution in [2.45, 2.75) is 59.7 Å². The van der Waals surface area contributed by atoms with E-state index in [0.29, 0.717) is 11.5 Å².